The number of hydrogen-bond acceptors (Lipinski definition) is 2. The van der Waals surface area contributed by atoms with Gasteiger partial charge in [-0.25, -0.2) is 0 Å². The van der Waals surface area contributed by atoms with Gasteiger partial charge in [0.2, 0.25) is 0 Å². The zero-order valence-electron chi connectivity index (χ0n) is 4.70. The largest absolute Gasteiger partial charge is 0.423 e. The number of nitrogens with zero attached hydrogens (tertiary/aromatic N) is 1. The molecule has 0 aromatic carbocycles. The van der Waals surface area contributed by atoms with Crippen molar-refractivity contribution in [1.82, 2.24) is 0 Å². The Balaban J connectivity index is 4.56. The van der Waals surface area contributed by atoms with Gasteiger partial charge in [0, 0.05) is 0 Å². The molecule has 0 aromatic heterocycles. The molecule has 0 aromatic rings. The van der Waals surface area contributed by atoms with E-state index in [0.717, 1.165) is 5.18 Å². The van der Waals surface area contributed by atoms with Gasteiger partial charge in [0.1, 0.15) is 0 Å². The van der Waals surface area contributed by atoms with Crippen LogP contribution in [0.15, 0.2) is 5.18 Å². The molecule has 0 saturated carbocycles. The van der Waals surface area contributed by atoms with Gasteiger partial charge in [0.05, 0.1) is 0 Å². The molecule has 11 heavy (non-hydrogen) atoms. The second-order valence-electron chi connectivity index (χ2n) is 1.59. The number of alkyl halides is 6. The van der Waals surface area contributed by atoms with E-state index in [4.69, 9.17) is 4.91 Å². The molecule has 0 aliphatic rings. The lowest BCUT2D eigenvalue weighted by Gasteiger charge is -2.15. The number of hydrogen-bond donors (Lipinski definition) is 0. The van der Waals surface area contributed by atoms with Crippen molar-refractivity contribution in [2.24, 2.45) is 5.18 Å². The van der Waals surface area contributed by atoms with Crippen LogP contribution in [0.3, 0.4) is 0 Å². The maximum absolute atomic E-state index is 11.2. The first kappa shape index (κ1) is 10.2. The average molecular weight is 181 g/mol. The lowest BCUT2D eigenvalue weighted by atomic mass is 10.3. The Morgan fingerprint density at radius 1 is 0.909 bits per heavy atom. The highest BCUT2D eigenvalue weighted by Gasteiger charge is 2.58. The van der Waals surface area contributed by atoms with Crippen LogP contribution in [0.4, 0.5) is 26.3 Å². The van der Waals surface area contributed by atoms with Gasteiger partial charge in [0.25, 0.3) is 6.04 Å². The first-order valence-electron chi connectivity index (χ1n) is 2.15. The number of halogens is 6. The third-order valence-electron chi connectivity index (χ3n) is 0.726. The molecule has 0 spiro atoms. The van der Waals surface area contributed by atoms with E-state index in [1.165, 1.54) is 0 Å². The summed E-state index contributed by atoms with van der Waals surface area (Å²) >= 11 is 0. The van der Waals surface area contributed by atoms with E-state index in [0.29, 0.717) is 0 Å². The highest BCUT2D eigenvalue weighted by atomic mass is 19.4. The molecule has 0 amide bonds. The van der Waals surface area contributed by atoms with Gasteiger partial charge in [0.15, 0.2) is 0 Å². The summed E-state index contributed by atoms with van der Waals surface area (Å²) in [6.45, 7) is 0. The molecule has 0 N–H and O–H groups in total. The molecular formula is C3HF6NO. The number of rotatable bonds is 1. The Labute approximate surface area is 56.2 Å². The first-order chi connectivity index (χ1) is 4.69. The highest BCUT2D eigenvalue weighted by Crippen LogP contribution is 2.35. The predicted octanol–water partition coefficient (Wildman–Crippen LogP) is 2.25. The van der Waals surface area contributed by atoms with Gasteiger partial charge in [-0.05, 0) is 5.18 Å². The maximum atomic E-state index is 11.2. The van der Waals surface area contributed by atoms with Crippen LogP contribution in [0.2, 0.25) is 0 Å². The molecule has 66 valence electrons. The van der Waals surface area contributed by atoms with Crippen LogP contribution in [0, 0.1) is 4.91 Å². The van der Waals surface area contributed by atoms with E-state index < -0.39 is 18.4 Å². The van der Waals surface area contributed by atoms with Crippen molar-refractivity contribution in [2.45, 2.75) is 18.4 Å². The fraction of sp³-hybridized carbons (Fsp3) is 1.00. The lowest BCUT2D eigenvalue weighted by molar-refractivity contribution is -0.248. The van der Waals surface area contributed by atoms with E-state index in [-0.39, 0.29) is 0 Å². The SMILES string of the molecule is O=NC(C(F)(F)F)C(F)(F)F. The summed E-state index contributed by atoms with van der Waals surface area (Å²) in [7, 11) is 0. The molecule has 0 fully saturated rings. The Bertz CT molecular complexity index is 133. The Kier molecular flexibility index (Phi) is 2.47. The van der Waals surface area contributed by atoms with Crippen LogP contribution in [-0.2, 0) is 0 Å². The molecular weight excluding hydrogens is 180 g/mol. The van der Waals surface area contributed by atoms with Gasteiger partial charge in [-0.2, -0.15) is 26.3 Å². The van der Waals surface area contributed by atoms with Crippen molar-refractivity contribution in [2.75, 3.05) is 0 Å². The van der Waals surface area contributed by atoms with Gasteiger partial charge in [-0.3, -0.25) is 0 Å². The fourth-order valence-electron chi connectivity index (χ4n) is 0.305. The zero-order chi connectivity index (χ0) is 9.28. The second kappa shape index (κ2) is 2.67. The van der Waals surface area contributed by atoms with Gasteiger partial charge < -0.3 is 0 Å². The van der Waals surface area contributed by atoms with Gasteiger partial charge in [-0.15, -0.1) is 4.91 Å². The molecule has 0 aliphatic carbocycles. The molecule has 0 aliphatic heterocycles. The molecule has 0 radical (unpaired) electrons. The standard InChI is InChI=1S/C3HF6NO/c4-2(5,6)1(10-11)3(7,8)9/h1H. The smallest absolute Gasteiger partial charge is 0.168 e. The minimum Gasteiger partial charge on any atom is -0.168 e. The topological polar surface area (TPSA) is 29.4 Å². The van der Waals surface area contributed by atoms with Crippen molar-refractivity contribution in [3.63, 3.8) is 0 Å². The third kappa shape index (κ3) is 2.72. The van der Waals surface area contributed by atoms with Crippen LogP contribution < -0.4 is 0 Å². The van der Waals surface area contributed by atoms with E-state index in [9.17, 15) is 26.3 Å². The van der Waals surface area contributed by atoms with Crippen molar-refractivity contribution in [3.05, 3.63) is 4.91 Å². The summed E-state index contributed by atoms with van der Waals surface area (Å²) in [5, 5.41) is 0.931. The minimum absolute atomic E-state index is 0.931. The second-order valence-corrected chi connectivity index (χ2v) is 1.59. The molecule has 0 rings (SSSR count). The molecule has 0 bridgehead atoms. The van der Waals surface area contributed by atoms with Gasteiger partial charge in [-0.1, -0.05) is 0 Å². The van der Waals surface area contributed by atoms with E-state index in [2.05, 4.69) is 0 Å². The normalized spacial score (nSPS) is 13.7. The van der Waals surface area contributed by atoms with Gasteiger partial charge >= 0.3 is 12.4 Å². The third-order valence-corrected chi connectivity index (χ3v) is 0.726. The summed E-state index contributed by atoms with van der Waals surface area (Å²) < 4.78 is 67.2. The Hall–Kier alpha value is -0.820. The molecule has 0 heterocycles. The Morgan fingerprint density at radius 2 is 1.18 bits per heavy atom. The van der Waals surface area contributed by atoms with Crippen molar-refractivity contribution in [3.8, 4) is 0 Å². The van der Waals surface area contributed by atoms with E-state index in [1.54, 1.807) is 0 Å². The minimum atomic E-state index is -5.65. The maximum Gasteiger partial charge on any atom is 0.423 e. The van der Waals surface area contributed by atoms with Crippen molar-refractivity contribution >= 4 is 0 Å². The summed E-state index contributed by atoms with van der Waals surface area (Å²) in [4.78, 5) is 9.11. The van der Waals surface area contributed by atoms with Crippen LogP contribution in [0.5, 0.6) is 0 Å². The summed E-state index contributed by atoms with van der Waals surface area (Å²) in [5.74, 6) is 0. The molecule has 8 heteroatoms. The van der Waals surface area contributed by atoms with Crippen LogP contribution in [0.25, 0.3) is 0 Å². The monoisotopic (exact) mass is 181 g/mol. The zero-order valence-corrected chi connectivity index (χ0v) is 4.70. The summed E-state index contributed by atoms with van der Waals surface area (Å²) in [6.07, 6.45) is -11.3. The first-order valence-corrected chi connectivity index (χ1v) is 2.15. The van der Waals surface area contributed by atoms with Crippen molar-refractivity contribution < 1.29 is 26.3 Å². The fourth-order valence-corrected chi connectivity index (χ4v) is 0.305. The quantitative estimate of drug-likeness (QED) is 0.450. The van der Waals surface area contributed by atoms with E-state index >= 15 is 0 Å². The highest BCUT2D eigenvalue weighted by molar-refractivity contribution is 4.81. The van der Waals surface area contributed by atoms with Crippen LogP contribution in [0.1, 0.15) is 0 Å². The van der Waals surface area contributed by atoms with Crippen LogP contribution in [-0.4, -0.2) is 18.4 Å². The summed E-state index contributed by atoms with van der Waals surface area (Å²) in [6, 6.07) is -4.12. The molecule has 2 nitrogen and oxygen atoms in total. The molecule has 0 atom stereocenters. The average Bonchev–Trinajstić information content (AvgIpc) is 1.56. The van der Waals surface area contributed by atoms with E-state index in [1.807, 2.05) is 0 Å². The van der Waals surface area contributed by atoms with Crippen LogP contribution >= 0.6 is 0 Å². The number of nitroso groups, excluding NO2 is 1. The van der Waals surface area contributed by atoms with Crippen molar-refractivity contribution in [1.29, 1.82) is 0 Å². The lowest BCUT2D eigenvalue weighted by Crippen LogP contribution is -2.40. The molecule has 0 unspecified atom stereocenters. The predicted molar refractivity (Wildman–Crippen MR) is 21.7 cm³/mol. The Morgan fingerprint density at radius 3 is 1.18 bits per heavy atom. The molecule has 0 saturated heterocycles. The summed E-state index contributed by atoms with van der Waals surface area (Å²) in [5.41, 5.74) is 0.